The van der Waals surface area contributed by atoms with Gasteiger partial charge in [0.1, 0.15) is 0 Å². The highest BCUT2D eigenvalue weighted by atomic mass is 79.9. The fourth-order valence-electron chi connectivity index (χ4n) is 2.60. The topological polar surface area (TPSA) is 0 Å². The maximum absolute atomic E-state index is 3.71. The van der Waals surface area contributed by atoms with E-state index in [-0.39, 0.29) is 0 Å². The highest BCUT2D eigenvalue weighted by Gasteiger charge is 2.05. The standard InChI is InChI=1S/C17H17Br/c18-17-12-15-3-1-2-13-4-6-14(7-5-13)8-10-16(17)11-9-15/h4-7,9,11-12H,1-3,8,10H2. The molecule has 0 nitrogen and oxygen atoms in total. The Morgan fingerprint density at radius 1 is 0.667 bits per heavy atom. The first-order chi connectivity index (χ1) is 8.81. The van der Waals surface area contributed by atoms with Gasteiger partial charge in [0.15, 0.2) is 0 Å². The minimum atomic E-state index is 1.11. The number of rotatable bonds is 0. The smallest absolute Gasteiger partial charge is 0.0210 e. The number of hydrogen-bond donors (Lipinski definition) is 0. The number of benzene rings is 2. The summed E-state index contributed by atoms with van der Waals surface area (Å²) in [5, 5.41) is 0. The van der Waals surface area contributed by atoms with Gasteiger partial charge in [-0.2, -0.15) is 0 Å². The van der Waals surface area contributed by atoms with E-state index in [1.165, 1.54) is 46.0 Å². The van der Waals surface area contributed by atoms with Gasteiger partial charge < -0.3 is 0 Å². The minimum absolute atomic E-state index is 1.11. The summed E-state index contributed by atoms with van der Waals surface area (Å²) >= 11 is 3.71. The molecule has 0 aliphatic heterocycles. The van der Waals surface area contributed by atoms with E-state index in [9.17, 15) is 0 Å². The molecule has 6 rings (SSSR count). The molecule has 4 aliphatic carbocycles. The first-order valence-corrected chi connectivity index (χ1v) is 7.46. The van der Waals surface area contributed by atoms with Crippen LogP contribution in [0.4, 0.5) is 0 Å². The molecule has 0 spiro atoms. The highest BCUT2D eigenvalue weighted by molar-refractivity contribution is 9.10. The van der Waals surface area contributed by atoms with Crippen molar-refractivity contribution in [1.29, 1.82) is 0 Å². The summed E-state index contributed by atoms with van der Waals surface area (Å²) in [5.74, 6) is 0. The van der Waals surface area contributed by atoms with Crippen molar-refractivity contribution in [1.82, 2.24) is 0 Å². The average molecular weight is 301 g/mol. The fourth-order valence-corrected chi connectivity index (χ4v) is 3.22. The van der Waals surface area contributed by atoms with Gasteiger partial charge in [0, 0.05) is 4.47 Å². The summed E-state index contributed by atoms with van der Waals surface area (Å²) < 4.78 is 1.27. The molecule has 2 aromatic rings. The normalized spacial score (nSPS) is 14.9. The zero-order chi connectivity index (χ0) is 12.4. The Balaban J connectivity index is 1.94. The van der Waals surface area contributed by atoms with Crippen molar-refractivity contribution < 1.29 is 0 Å². The Morgan fingerprint density at radius 3 is 2.00 bits per heavy atom. The van der Waals surface area contributed by atoms with Gasteiger partial charge in [-0.25, -0.2) is 0 Å². The quantitative estimate of drug-likeness (QED) is 0.660. The van der Waals surface area contributed by atoms with Crippen molar-refractivity contribution in [3.63, 3.8) is 0 Å². The van der Waals surface area contributed by atoms with Crippen LogP contribution in [0.15, 0.2) is 46.9 Å². The zero-order valence-electron chi connectivity index (χ0n) is 10.5. The van der Waals surface area contributed by atoms with Crippen molar-refractivity contribution in [2.75, 3.05) is 0 Å². The lowest BCUT2D eigenvalue weighted by atomic mass is 10.0. The Bertz CT molecular complexity index is 540. The van der Waals surface area contributed by atoms with E-state index in [1.54, 1.807) is 0 Å². The predicted molar refractivity (Wildman–Crippen MR) is 80.0 cm³/mol. The second kappa shape index (κ2) is 5.27. The summed E-state index contributed by atoms with van der Waals surface area (Å²) in [6.45, 7) is 0. The Kier molecular flexibility index (Phi) is 3.51. The van der Waals surface area contributed by atoms with Gasteiger partial charge >= 0.3 is 0 Å². The van der Waals surface area contributed by atoms with E-state index in [1.807, 2.05) is 0 Å². The maximum Gasteiger partial charge on any atom is 0.0210 e. The van der Waals surface area contributed by atoms with Gasteiger partial charge in [-0.05, 0) is 60.4 Å². The van der Waals surface area contributed by atoms with E-state index in [2.05, 4.69) is 58.4 Å². The summed E-state index contributed by atoms with van der Waals surface area (Å²) in [4.78, 5) is 0. The third-order valence-electron chi connectivity index (χ3n) is 3.75. The first-order valence-electron chi connectivity index (χ1n) is 6.66. The SMILES string of the molecule is Brc1cc2ccc1CCc1ccc(cc1)CCC2. The monoisotopic (exact) mass is 300 g/mol. The van der Waals surface area contributed by atoms with Crippen LogP contribution < -0.4 is 0 Å². The Labute approximate surface area is 117 Å². The number of hydrogen-bond acceptors (Lipinski definition) is 0. The molecule has 2 aromatic carbocycles. The summed E-state index contributed by atoms with van der Waals surface area (Å²) in [5.41, 5.74) is 5.77. The van der Waals surface area contributed by atoms with Crippen LogP contribution in [-0.2, 0) is 25.7 Å². The first kappa shape index (κ1) is 12.0. The number of aryl methyl sites for hydroxylation is 4. The van der Waals surface area contributed by atoms with Crippen molar-refractivity contribution in [2.45, 2.75) is 32.1 Å². The molecule has 1 heteroatoms. The van der Waals surface area contributed by atoms with Crippen molar-refractivity contribution >= 4 is 15.9 Å². The molecule has 0 unspecified atom stereocenters. The van der Waals surface area contributed by atoms with E-state index < -0.39 is 0 Å². The van der Waals surface area contributed by atoms with Crippen LogP contribution >= 0.6 is 15.9 Å². The van der Waals surface area contributed by atoms with E-state index >= 15 is 0 Å². The largest absolute Gasteiger partial charge is 0.0588 e. The summed E-state index contributed by atoms with van der Waals surface area (Å²) in [7, 11) is 0. The molecule has 92 valence electrons. The predicted octanol–water partition coefficient (Wildman–Crippen LogP) is 4.72. The molecule has 0 amide bonds. The summed E-state index contributed by atoms with van der Waals surface area (Å²) in [6.07, 6.45) is 5.81. The van der Waals surface area contributed by atoms with E-state index in [4.69, 9.17) is 0 Å². The Morgan fingerprint density at radius 2 is 1.28 bits per heavy atom. The molecule has 0 heterocycles. The molecule has 0 radical (unpaired) electrons. The van der Waals surface area contributed by atoms with Crippen LogP contribution in [0, 0.1) is 0 Å². The van der Waals surface area contributed by atoms with Gasteiger partial charge in [0.25, 0.3) is 0 Å². The zero-order valence-corrected chi connectivity index (χ0v) is 12.0. The third kappa shape index (κ3) is 2.67. The molecular weight excluding hydrogens is 284 g/mol. The van der Waals surface area contributed by atoms with Crippen molar-refractivity contribution in [3.05, 3.63) is 69.2 Å². The maximum atomic E-state index is 3.71. The van der Waals surface area contributed by atoms with Gasteiger partial charge in [-0.1, -0.05) is 52.3 Å². The second-order valence-corrected chi connectivity index (χ2v) is 5.95. The molecule has 0 N–H and O–H groups in total. The molecule has 18 heavy (non-hydrogen) atoms. The molecule has 0 saturated heterocycles. The molecule has 0 fully saturated rings. The highest BCUT2D eigenvalue weighted by Crippen LogP contribution is 2.22. The lowest BCUT2D eigenvalue weighted by Crippen LogP contribution is -1.93. The molecule has 0 saturated carbocycles. The lowest BCUT2D eigenvalue weighted by Gasteiger charge is -2.06. The van der Waals surface area contributed by atoms with Crippen LogP contribution in [0.2, 0.25) is 0 Å². The van der Waals surface area contributed by atoms with Crippen LogP contribution in [0.3, 0.4) is 0 Å². The van der Waals surface area contributed by atoms with Gasteiger partial charge in [-0.15, -0.1) is 0 Å². The fraction of sp³-hybridized carbons (Fsp3) is 0.294. The molecule has 0 atom stereocenters. The minimum Gasteiger partial charge on any atom is -0.0588 e. The third-order valence-corrected chi connectivity index (χ3v) is 4.49. The average Bonchev–Trinajstić information content (AvgIpc) is 2.42. The van der Waals surface area contributed by atoms with Gasteiger partial charge in [0.05, 0.1) is 0 Å². The molecule has 4 aliphatic rings. The summed E-state index contributed by atoms with van der Waals surface area (Å²) in [6, 6.07) is 16.0. The van der Waals surface area contributed by atoms with Crippen LogP contribution in [0.1, 0.15) is 28.7 Å². The van der Waals surface area contributed by atoms with E-state index in [0.29, 0.717) is 0 Å². The van der Waals surface area contributed by atoms with Crippen LogP contribution in [-0.4, -0.2) is 0 Å². The van der Waals surface area contributed by atoms with Crippen molar-refractivity contribution in [3.8, 4) is 0 Å². The lowest BCUT2D eigenvalue weighted by molar-refractivity contribution is 0.820. The van der Waals surface area contributed by atoms with E-state index in [0.717, 1.165) is 12.8 Å². The molecule has 0 aromatic heterocycles. The van der Waals surface area contributed by atoms with Crippen LogP contribution in [0.5, 0.6) is 0 Å². The van der Waals surface area contributed by atoms with Crippen molar-refractivity contribution in [2.24, 2.45) is 0 Å². The van der Waals surface area contributed by atoms with Crippen LogP contribution in [0.25, 0.3) is 0 Å². The van der Waals surface area contributed by atoms with Gasteiger partial charge in [0.2, 0.25) is 0 Å². The number of halogens is 1. The molecule has 4 bridgehead atoms. The molecular formula is C17H17Br. The Hall–Kier alpha value is -1.08. The second-order valence-electron chi connectivity index (χ2n) is 5.10. The van der Waals surface area contributed by atoms with Gasteiger partial charge in [-0.3, -0.25) is 0 Å².